The van der Waals surface area contributed by atoms with Gasteiger partial charge in [0.2, 0.25) is 10.0 Å². The minimum absolute atomic E-state index is 0.0769. The first kappa shape index (κ1) is 14.9. The SMILES string of the molecule is Cc1[nH]nc(CO)c1S(=O)(=O)N(C)CC(F)(F)F. The Morgan fingerprint density at radius 2 is 2.00 bits per heavy atom. The van der Waals surface area contributed by atoms with Crippen molar-refractivity contribution in [2.75, 3.05) is 13.6 Å². The van der Waals surface area contributed by atoms with E-state index in [2.05, 4.69) is 10.2 Å². The van der Waals surface area contributed by atoms with Gasteiger partial charge in [0, 0.05) is 7.05 Å². The number of aromatic amines is 1. The molecule has 0 amide bonds. The molecule has 1 aromatic rings. The fourth-order valence-corrected chi connectivity index (χ4v) is 2.88. The highest BCUT2D eigenvalue weighted by molar-refractivity contribution is 7.89. The van der Waals surface area contributed by atoms with Crippen molar-refractivity contribution in [3.05, 3.63) is 11.4 Å². The predicted molar refractivity (Wildman–Crippen MR) is 55.1 cm³/mol. The van der Waals surface area contributed by atoms with Crippen LogP contribution in [-0.4, -0.2) is 47.8 Å². The number of sulfonamides is 1. The number of aromatic nitrogens is 2. The van der Waals surface area contributed by atoms with Crippen LogP contribution in [0.1, 0.15) is 11.4 Å². The molecule has 1 heterocycles. The van der Waals surface area contributed by atoms with Gasteiger partial charge in [0.15, 0.2) is 0 Å². The molecule has 0 aliphatic rings. The number of H-pyrrole nitrogens is 1. The molecule has 0 atom stereocenters. The molecule has 18 heavy (non-hydrogen) atoms. The highest BCUT2D eigenvalue weighted by Crippen LogP contribution is 2.24. The third-order valence-electron chi connectivity index (χ3n) is 2.18. The van der Waals surface area contributed by atoms with Gasteiger partial charge < -0.3 is 5.11 Å². The lowest BCUT2D eigenvalue weighted by Crippen LogP contribution is -2.36. The molecule has 0 aromatic carbocycles. The molecule has 0 fully saturated rings. The van der Waals surface area contributed by atoms with Crippen LogP contribution in [0.4, 0.5) is 13.2 Å². The molecule has 0 aliphatic carbocycles. The number of nitrogens with zero attached hydrogens (tertiary/aromatic N) is 2. The molecule has 0 unspecified atom stereocenters. The molecule has 0 radical (unpaired) electrons. The molecule has 0 saturated carbocycles. The normalized spacial score (nSPS) is 13.3. The second kappa shape index (κ2) is 4.86. The zero-order valence-corrected chi connectivity index (χ0v) is 10.4. The average Bonchev–Trinajstić information content (AvgIpc) is 2.57. The van der Waals surface area contributed by atoms with Crippen molar-refractivity contribution >= 4 is 10.0 Å². The van der Waals surface area contributed by atoms with Crippen LogP contribution in [-0.2, 0) is 16.6 Å². The lowest BCUT2D eigenvalue weighted by atomic mass is 10.4. The highest BCUT2D eigenvalue weighted by Gasteiger charge is 2.37. The number of aryl methyl sites for hydroxylation is 1. The van der Waals surface area contributed by atoms with Crippen LogP contribution in [0.25, 0.3) is 0 Å². The van der Waals surface area contributed by atoms with Gasteiger partial charge in [-0.3, -0.25) is 5.10 Å². The summed E-state index contributed by atoms with van der Waals surface area (Å²) in [5.74, 6) is 0. The second-order valence-corrected chi connectivity index (χ2v) is 5.64. The summed E-state index contributed by atoms with van der Waals surface area (Å²) in [5, 5.41) is 14.8. The third kappa shape index (κ3) is 3.00. The quantitative estimate of drug-likeness (QED) is 0.839. The predicted octanol–water partition coefficient (Wildman–Crippen LogP) is 0.393. The van der Waals surface area contributed by atoms with Gasteiger partial charge in [0.05, 0.1) is 12.3 Å². The van der Waals surface area contributed by atoms with Gasteiger partial charge in [0.1, 0.15) is 17.1 Å². The summed E-state index contributed by atoms with van der Waals surface area (Å²) >= 11 is 0. The summed E-state index contributed by atoms with van der Waals surface area (Å²) in [6.07, 6.45) is -4.64. The van der Waals surface area contributed by atoms with E-state index in [4.69, 9.17) is 5.11 Å². The van der Waals surface area contributed by atoms with E-state index in [1.165, 1.54) is 6.92 Å². The molecule has 0 aliphatic heterocycles. The van der Waals surface area contributed by atoms with Crippen molar-refractivity contribution < 1.29 is 26.7 Å². The Morgan fingerprint density at radius 3 is 2.44 bits per heavy atom. The Morgan fingerprint density at radius 1 is 1.44 bits per heavy atom. The minimum atomic E-state index is -4.64. The molecular weight excluding hydrogens is 275 g/mol. The van der Waals surface area contributed by atoms with Crippen LogP contribution in [0.5, 0.6) is 0 Å². The van der Waals surface area contributed by atoms with Gasteiger partial charge >= 0.3 is 6.18 Å². The molecular formula is C8H12F3N3O3S. The number of hydrogen-bond donors (Lipinski definition) is 2. The number of nitrogens with one attached hydrogen (secondary N) is 1. The number of hydrogen-bond acceptors (Lipinski definition) is 4. The molecule has 10 heteroatoms. The van der Waals surface area contributed by atoms with E-state index >= 15 is 0 Å². The van der Waals surface area contributed by atoms with E-state index in [1.54, 1.807) is 0 Å². The van der Waals surface area contributed by atoms with Gasteiger partial charge in [-0.05, 0) is 6.92 Å². The van der Waals surface area contributed by atoms with Gasteiger partial charge in [-0.2, -0.15) is 22.6 Å². The number of alkyl halides is 3. The number of aliphatic hydroxyl groups excluding tert-OH is 1. The lowest BCUT2D eigenvalue weighted by Gasteiger charge is -2.18. The molecule has 2 N–H and O–H groups in total. The Labute approximate surface area is 101 Å². The molecule has 1 rings (SSSR count). The fourth-order valence-electron chi connectivity index (χ4n) is 1.41. The maximum atomic E-state index is 12.2. The van der Waals surface area contributed by atoms with Crippen molar-refractivity contribution in [1.82, 2.24) is 14.5 Å². The maximum Gasteiger partial charge on any atom is 0.402 e. The van der Waals surface area contributed by atoms with Crippen LogP contribution in [0.3, 0.4) is 0 Å². The van der Waals surface area contributed by atoms with E-state index in [0.29, 0.717) is 0 Å². The number of rotatable bonds is 4. The maximum absolute atomic E-state index is 12.2. The van der Waals surface area contributed by atoms with Gasteiger partial charge in [-0.15, -0.1) is 0 Å². The van der Waals surface area contributed by atoms with Gasteiger partial charge in [-0.25, -0.2) is 8.42 Å². The average molecular weight is 287 g/mol. The Bertz CT molecular complexity index is 523. The van der Waals surface area contributed by atoms with Crippen LogP contribution in [0, 0.1) is 6.92 Å². The lowest BCUT2D eigenvalue weighted by molar-refractivity contribution is -0.134. The van der Waals surface area contributed by atoms with E-state index in [9.17, 15) is 21.6 Å². The Kier molecular flexibility index (Phi) is 4.03. The second-order valence-electron chi connectivity index (χ2n) is 3.66. The van der Waals surface area contributed by atoms with Crippen LogP contribution >= 0.6 is 0 Å². The molecule has 0 bridgehead atoms. The molecule has 0 saturated heterocycles. The molecule has 0 spiro atoms. The minimum Gasteiger partial charge on any atom is -0.390 e. The number of aliphatic hydroxyl groups is 1. The monoisotopic (exact) mass is 287 g/mol. The largest absolute Gasteiger partial charge is 0.402 e. The summed E-state index contributed by atoms with van der Waals surface area (Å²) in [4.78, 5) is -0.420. The van der Waals surface area contributed by atoms with Crippen LogP contribution in [0.2, 0.25) is 0 Å². The zero-order valence-electron chi connectivity index (χ0n) is 9.61. The summed E-state index contributed by atoms with van der Waals surface area (Å²) < 4.78 is 60.6. The van der Waals surface area contributed by atoms with Crippen molar-refractivity contribution in [3.8, 4) is 0 Å². The Balaban J connectivity index is 3.17. The van der Waals surface area contributed by atoms with E-state index in [-0.39, 0.29) is 15.7 Å². The smallest absolute Gasteiger partial charge is 0.390 e. The first-order valence-corrected chi connectivity index (χ1v) is 6.21. The Hall–Kier alpha value is -1.13. The summed E-state index contributed by atoms with van der Waals surface area (Å²) in [6.45, 7) is -0.940. The first-order valence-electron chi connectivity index (χ1n) is 4.77. The summed E-state index contributed by atoms with van der Waals surface area (Å²) in [6, 6.07) is 0. The summed E-state index contributed by atoms with van der Waals surface area (Å²) in [7, 11) is -3.53. The van der Waals surface area contributed by atoms with Crippen LogP contribution in [0.15, 0.2) is 4.90 Å². The van der Waals surface area contributed by atoms with Crippen molar-refractivity contribution in [3.63, 3.8) is 0 Å². The third-order valence-corrected chi connectivity index (χ3v) is 4.19. The standard InChI is InChI=1S/C8H12F3N3O3S/c1-5-7(6(3-15)13-12-5)18(16,17)14(2)4-8(9,10)11/h15H,3-4H2,1-2H3,(H,12,13). The number of halogens is 3. The van der Waals surface area contributed by atoms with Crippen molar-refractivity contribution in [1.29, 1.82) is 0 Å². The highest BCUT2D eigenvalue weighted by atomic mass is 32.2. The van der Waals surface area contributed by atoms with Crippen LogP contribution < -0.4 is 0 Å². The van der Waals surface area contributed by atoms with Crippen molar-refractivity contribution in [2.45, 2.75) is 24.6 Å². The molecule has 1 aromatic heterocycles. The summed E-state index contributed by atoms with van der Waals surface area (Å²) in [5.41, 5.74) is -0.130. The topological polar surface area (TPSA) is 86.3 Å². The van der Waals surface area contributed by atoms with E-state index in [0.717, 1.165) is 7.05 Å². The fraction of sp³-hybridized carbons (Fsp3) is 0.625. The molecule has 6 nitrogen and oxygen atoms in total. The van der Waals surface area contributed by atoms with Crippen molar-refractivity contribution in [2.24, 2.45) is 0 Å². The van der Waals surface area contributed by atoms with Gasteiger partial charge in [0.25, 0.3) is 0 Å². The zero-order chi connectivity index (χ0) is 14.1. The molecule has 104 valence electrons. The first-order chi connectivity index (χ1) is 8.09. The van der Waals surface area contributed by atoms with E-state index in [1.807, 2.05) is 0 Å². The van der Waals surface area contributed by atoms with E-state index < -0.39 is 34.2 Å². The van der Waals surface area contributed by atoms with Gasteiger partial charge in [-0.1, -0.05) is 0 Å².